The quantitative estimate of drug-likeness (QED) is 0.170. The van der Waals surface area contributed by atoms with Crippen LogP contribution in [0.4, 0.5) is 0 Å². The van der Waals surface area contributed by atoms with Gasteiger partial charge in [-0.15, -0.1) is 0 Å². The van der Waals surface area contributed by atoms with Crippen LogP contribution in [0.25, 0.3) is 0 Å². The normalized spacial score (nSPS) is 14.0. The summed E-state index contributed by atoms with van der Waals surface area (Å²) in [5.41, 5.74) is 8.48. The van der Waals surface area contributed by atoms with Gasteiger partial charge in [0.1, 0.15) is 11.5 Å². The van der Waals surface area contributed by atoms with Crippen molar-refractivity contribution < 1.29 is 10.2 Å². The van der Waals surface area contributed by atoms with Crippen LogP contribution in [0.5, 0.6) is 11.5 Å². The largest absolute Gasteiger partial charge is 0.507 e. The lowest BCUT2D eigenvalue weighted by Crippen LogP contribution is -2.35. The second-order valence-corrected chi connectivity index (χ2v) is 18.7. The molecule has 0 bridgehead atoms. The first-order chi connectivity index (χ1) is 24.2. The van der Waals surface area contributed by atoms with E-state index in [1.807, 2.05) is 0 Å². The molecule has 2 unspecified atom stereocenters. The van der Waals surface area contributed by atoms with Gasteiger partial charge in [-0.25, -0.2) is 0 Å². The lowest BCUT2D eigenvalue weighted by atomic mass is 9.76. The lowest BCUT2D eigenvalue weighted by Gasteiger charge is -2.41. The first-order valence-electron chi connectivity index (χ1n) is 18.8. The second kappa shape index (κ2) is 14.6. The summed E-state index contributed by atoms with van der Waals surface area (Å²) in [5.74, 6) is 0.765. The molecular formula is C49H61NO2. The molecule has 0 radical (unpaired) electrons. The smallest absolute Gasteiger partial charge is 0.123 e. The predicted octanol–water partition coefficient (Wildman–Crippen LogP) is 12.7. The fourth-order valence-corrected chi connectivity index (χ4v) is 7.46. The third-order valence-corrected chi connectivity index (χ3v) is 10.2. The Morgan fingerprint density at radius 3 is 0.942 bits per heavy atom. The molecule has 0 saturated heterocycles. The molecule has 0 fully saturated rings. The lowest BCUT2D eigenvalue weighted by molar-refractivity contribution is 0.170. The van der Waals surface area contributed by atoms with E-state index in [9.17, 15) is 10.2 Å². The van der Waals surface area contributed by atoms with Gasteiger partial charge < -0.3 is 10.2 Å². The molecule has 2 atom stereocenters. The predicted molar refractivity (Wildman–Crippen MR) is 220 cm³/mol. The highest BCUT2D eigenvalue weighted by molar-refractivity contribution is 5.54. The summed E-state index contributed by atoms with van der Waals surface area (Å²) in [5, 5.41) is 23.8. The van der Waals surface area contributed by atoms with Crippen LogP contribution < -0.4 is 0 Å². The van der Waals surface area contributed by atoms with Crippen LogP contribution in [0.3, 0.4) is 0 Å². The number of nitrogens with zero attached hydrogens (tertiary/aromatic N) is 1. The van der Waals surface area contributed by atoms with Gasteiger partial charge >= 0.3 is 0 Å². The van der Waals surface area contributed by atoms with E-state index in [0.717, 1.165) is 33.4 Å². The van der Waals surface area contributed by atoms with Crippen molar-refractivity contribution in [3.63, 3.8) is 0 Å². The minimum absolute atomic E-state index is 0.195. The van der Waals surface area contributed by atoms with E-state index in [1.165, 1.54) is 16.7 Å². The Kier molecular flexibility index (Phi) is 10.9. The molecule has 3 heteroatoms. The molecule has 0 aliphatic carbocycles. The maximum atomic E-state index is 11.9. The fourth-order valence-electron chi connectivity index (χ4n) is 7.46. The van der Waals surface area contributed by atoms with Crippen LogP contribution in [0.2, 0.25) is 0 Å². The Labute approximate surface area is 314 Å². The van der Waals surface area contributed by atoms with Crippen LogP contribution in [0, 0.1) is 0 Å². The molecule has 0 aliphatic rings. The van der Waals surface area contributed by atoms with Gasteiger partial charge in [0.25, 0.3) is 0 Å². The molecule has 5 rings (SSSR count). The van der Waals surface area contributed by atoms with Gasteiger partial charge in [0, 0.05) is 6.54 Å². The van der Waals surface area contributed by atoms with Crippen LogP contribution in [0.15, 0.2) is 115 Å². The molecule has 3 nitrogen and oxygen atoms in total. The number of rotatable bonds is 8. The number of benzene rings is 5. The maximum absolute atomic E-state index is 11.9. The van der Waals surface area contributed by atoms with E-state index in [2.05, 4.69) is 203 Å². The molecule has 274 valence electrons. The fraction of sp³-hybridized carbons (Fsp3) is 0.388. The molecular weight excluding hydrogens is 635 g/mol. The molecule has 0 amide bonds. The Bertz CT molecular complexity index is 1760. The molecule has 5 aromatic rings. The zero-order valence-electron chi connectivity index (χ0n) is 33.7. The molecule has 0 heterocycles. The monoisotopic (exact) mass is 695 g/mol. The zero-order chi connectivity index (χ0) is 38.2. The van der Waals surface area contributed by atoms with Crippen LogP contribution >= 0.6 is 0 Å². The Morgan fingerprint density at radius 2 is 0.673 bits per heavy atom. The molecule has 0 aliphatic heterocycles. The highest BCUT2D eigenvalue weighted by atomic mass is 16.3. The Morgan fingerprint density at radius 1 is 0.404 bits per heavy atom. The second-order valence-electron chi connectivity index (χ2n) is 18.7. The number of hydrogen-bond donors (Lipinski definition) is 2. The molecule has 0 spiro atoms. The van der Waals surface area contributed by atoms with Crippen molar-refractivity contribution in [3.8, 4) is 11.5 Å². The van der Waals surface area contributed by atoms with Crippen molar-refractivity contribution >= 4 is 0 Å². The minimum atomic E-state index is -0.287. The van der Waals surface area contributed by atoms with E-state index in [-0.39, 0.29) is 33.7 Å². The third kappa shape index (κ3) is 8.48. The van der Waals surface area contributed by atoms with E-state index in [4.69, 9.17) is 0 Å². The number of aromatic hydroxyl groups is 2. The number of phenols is 2. The maximum Gasteiger partial charge on any atom is 0.123 e. The van der Waals surface area contributed by atoms with Crippen molar-refractivity contribution in [1.29, 1.82) is 0 Å². The topological polar surface area (TPSA) is 43.7 Å². The van der Waals surface area contributed by atoms with Gasteiger partial charge in [-0.3, -0.25) is 4.90 Å². The van der Waals surface area contributed by atoms with Gasteiger partial charge in [0.05, 0.1) is 12.1 Å². The minimum Gasteiger partial charge on any atom is -0.507 e. The SMILES string of the molecule is CC(C)(C)c1cc(C(c2ccccc2)N(Cc2ccccc2)C(c2ccccc2)c2cc(C(C)(C)C)c(O)c(C(C)(C)C)c2)cc(C(C)(C)C)c1O. The van der Waals surface area contributed by atoms with Gasteiger partial charge in [0.2, 0.25) is 0 Å². The van der Waals surface area contributed by atoms with E-state index >= 15 is 0 Å². The van der Waals surface area contributed by atoms with Crippen LogP contribution in [0.1, 0.15) is 145 Å². The van der Waals surface area contributed by atoms with Gasteiger partial charge in [-0.05, 0) is 96.0 Å². The van der Waals surface area contributed by atoms with Gasteiger partial charge in [-0.2, -0.15) is 0 Å². The van der Waals surface area contributed by atoms with E-state index < -0.39 is 0 Å². The average Bonchev–Trinajstić information content (AvgIpc) is 3.05. The summed E-state index contributed by atoms with van der Waals surface area (Å²) in [6, 6.07) is 41.0. The number of phenolic OH excluding ortho intramolecular Hbond substituents is 2. The first kappa shape index (κ1) is 38.9. The highest BCUT2D eigenvalue weighted by Crippen LogP contribution is 2.48. The summed E-state index contributed by atoms with van der Waals surface area (Å²) in [6.45, 7) is 26.9. The summed E-state index contributed by atoms with van der Waals surface area (Å²) < 4.78 is 0. The average molecular weight is 696 g/mol. The summed E-state index contributed by atoms with van der Waals surface area (Å²) in [6.07, 6.45) is 0. The standard InChI is InChI=1S/C49H61NO2/c1-46(2,3)38-28-36(29-39(44(38)51)47(4,5)6)42(34-24-18-14-19-25-34)50(32-33-22-16-13-17-23-33)43(35-26-20-15-21-27-35)37-30-40(48(7,8)9)45(52)41(31-37)49(10,11)12/h13-31,42-43,51-52H,32H2,1-12H3. The zero-order valence-corrected chi connectivity index (χ0v) is 33.7. The van der Waals surface area contributed by atoms with Crippen molar-refractivity contribution in [3.05, 3.63) is 165 Å². The summed E-state index contributed by atoms with van der Waals surface area (Å²) in [7, 11) is 0. The molecule has 5 aromatic carbocycles. The van der Waals surface area contributed by atoms with Crippen LogP contribution in [-0.4, -0.2) is 15.1 Å². The Balaban J connectivity index is 1.95. The van der Waals surface area contributed by atoms with Gasteiger partial charge in [-0.1, -0.05) is 174 Å². The Hall–Kier alpha value is -4.34. The van der Waals surface area contributed by atoms with Crippen molar-refractivity contribution in [2.75, 3.05) is 0 Å². The number of hydrogen-bond acceptors (Lipinski definition) is 3. The van der Waals surface area contributed by atoms with Crippen molar-refractivity contribution in [2.24, 2.45) is 0 Å². The third-order valence-electron chi connectivity index (χ3n) is 10.2. The first-order valence-corrected chi connectivity index (χ1v) is 18.8. The summed E-state index contributed by atoms with van der Waals surface area (Å²) in [4.78, 5) is 2.64. The van der Waals surface area contributed by atoms with Gasteiger partial charge in [0.15, 0.2) is 0 Å². The molecule has 0 aromatic heterocycles. The molecule has 0 saturated carbocycles. The van der Waals surface area contributed by atoms with Crippen molar-refractivity contribution in [1.82, 2.24) is 4.90 Å². The van der Waals surface area contributed by atoms with E-state index in [1.54, 1.807) is 0 Å². The van der Waals surface area contributed by atoms with Crippen molar-refractivity contribution in [2.45, 2.75) is 123 Å². The molecule has 52 heavy (non-hydrogen) atoms. The van der Waals surface area contributed by atoms with Crippen LogP contribution in [-0.2, 0) is 28.2 Å². The highest BCUT2D eigenvalue weighted by Gasteiger charge is 2.37. The summed E-state index contributed by atoms with van der Waals surface area (Å²) >= 11 is 0. The molecule has 2 N–H and O–H groups in total. The van der Waals surface area contributed by atoms with E-state index in [0.29, 0.717) is 18.0 Å².